The summed E-state index contributed by atoms with van der Waals surface area (Å²) < 4.78 is 1.00. The van der Waals surface area contributed by atoms with Crippen molar-refractivity contribution in [1.29, 1.82) is 0 Å². The predicted molar refractivity (Wildman–Crippen MR) is 38.7 cm³/mol. The van der Waals surface area contributed by atoms with E-state index in [0.29, 0.717) is 0 Å². The molecule has 4 nitrogen and oxygen atoms in total. The summed E-state index contributed by atoms with van der Waals surface area (Å²) >= 11 is 0. The zero-order valence-electron chi connectivity index (χ0n) is 6.96. The number of quaternary nitrogens is 1. The fraction of sp³-hybridized carbons (Fsp3) is 0.833. The summed E-state index contributed by atoms with van der Waals surface area (Å²) in [5.74, 6) is -1.19. The average Bonchev–Trinajstić information content (AvgIpc) is 1.61. The van der Waals surface area contributed by atoms with E-state index in [1.807, 2.05) is 0 Å². The summed E-state index contributed by atoms with van der Waals surface area (Å²) in [4.78, 5) is 9.12. The van der Waals surface area contributed by atoms with Crippen molar-refractivity contribution in [3.63, 3.8) is 0 Å². The van der Waals surface area contributed by atoms with Crippen molar-refractivity contribution >= 4 is 5.97 Å². The van der Waals surface area contributed by atoms with Gasteiger partial charge in [-0.3, -0.25) is 0 Å². The molecule has 0 aliphatic rings. The standard InChI is InChI=1S/C4H12N.C2H4O3/c1-5(2,3)4;3-1-2(4)5/h1-4H3;3H,1H2,(H,4,5)/q+1;. The molecule has 0 aliphatic heterocycles. The van der Waals surface area contributed by atoms with Gasteiger partial charge in [0, 0.05) is 0 Å². The number of hydrogen-bond donors (Lipinski definition) is 2. The Labute approximate surface area is 61.3 Å². The number of aliphatic carboxylic acids is 1. The van der Waals surface area contributed by atoms with Gasteiger partial charge in [-0.2, -0.15) is 0 Å². The molecule has 0 rings (SSSR count). The molecule has 0 aromatic rings. The SMILES string of the molecule is C[N+](C)(C)C.O=C(O)CO. The minimum Gasteiger partial charge on any atom is -0.480 e. The molecule has 0 aromatic carbocycles. The summed E-state index contributed by atoms with van der Waals surface area (Å²) in [5.41, 5.74) is 0. The molecule has 0 heterocycles. The molecule has 0 atom stereocenters. The molecule has 0 bridgehead atoms. The number of carbonyl (C=O) groups is 1. The summed E-state index contributed by atoms with van der Waals surface area (Å²) in [5, 5.41) is 15.0. The lowest BCUT2D eigenvalue weighted by Gasteiger charge is -2.14. The molecule has 0 spiro atoms. The van der Waals surface area contributed by atoms with Crippen molar-refractivity contribution in [2.45, 2.75) is 0 Å². The van der Waals surface area contributed by atoms with Gasteiger partial charge < -0.3 is 14.7 Å². The highest BCUT2D eigenvalue weighted by atomic mass is 16.4. The number of aliphatic hydroxyl groups excluding tert-OH is 1. The third-order valence-corrected chi connectivity index (χ3v) is 0.135. The number of rotatable bonds is 1. The van der Waals surface area contributed by atoms with Crippen LogP contribution in [0, 0.1) is 0 Å². The first-order valence-electron chi connectivity index (χ1n) is 2.89. The third-order valence-electron chi connectivity index (χ3n) is 0.135. The number of nitrogens with zero attached hydrogens (tertiary/aromatic N) is 1. The lowest BCUT2D eigenvalue weighted by atomic mass is 10.8. The van der Waals surface area contributed by atoms with E-state index in [0.717, 1.165) is 4.48 Å². The molecule has 0 saturated carbocycles. The van der Waals surface area contributed by atoms with Crippen LogP contribution in [-0.4, -0.2) is 55.5 Å². The molecule has 0 amide bonds. The van der Waals surface area contributed by atoms with Gasteiger partial charge >= 0.3 is 5.97 Å². The fourth-order valence-electron chi connectivity index (χ4n) is 0. The van der Waals surface area contributed by atoms with Crippen LogP contribution in [0.1, 0.15) is 0 Å². The van der Waals surface area contributed by atoms with Crippen molar-refractivity contribution in [3.8, 4) is 0 Å². The van der Waals surface area contributed by atoms with Gasteiger partial charge in [-0.05, 0) is 0 Å². The quantitative estimate of drug-likeness (QED) is 0.490. The Morgan fingerprint density at radius 2 is 1.40 bits per heavy atom. The Hall–Kier alpha value is -0.610. The second kappa shape index (κ2) is 5.20. The molecule has 62 valence electrons. The fourth-order valence-corrected chi connectivity index (χ4v) is 0. The first-order valence-corrected chi connectivity index (χ1v) is 2.89. The van der Waals surface area contributed by atoms with Crippen LogP contribution in [0.5, 0.6) is 0 Å². The number of hydrogen-bond acceptors (Lipinski definition) is 2. The number of carboxylic acid groups (broad SMARTS) is 1. The van der Waals surface area contributed by atoms with Gasteiger partial charge in [0.15, 0.2) is 0 Å². The maximum Gasteiger partial charge on any atom is 0.329 e. The van der Waals surface area contributed by atoms with Crippen molar-refractivity contribution in [2.75, 3.05) is 34.8 Å². The van der Waals surface area contributed by atoms with E-state index in [1.54, 1.807) is 0 Å². The van der Waals surface area contributed by atoms with Crippen molar-refractivity contribution in [1.82, 2.24) is 0 Å². The van der Waals surface area contributed by atoms with E-state index >= 15 is 0 Å². The summed E-state index contributed by atoms with van der Waals surface area (Å²) in [7, 11) is 8.50. The second-order valence-electron chi connectivity index (χ2n) is 3.24. The Morgan fingerprint density at radius 1 is 1.30 bits per heavy atom. The highest BCUT2D eigenvalue weighted by molar-refractivity contribution is 5.67. The first kappa shape index (κ1) is 12.1. The lowest BCUT2D eigenvalue weighted by Crippen LogP contribution is -2.27. The smallest absolute Gasteiger partial charge is 0.329 e. The maximum absolute atomic E-state index is 9.12. The topological polar surface area (TPSA) is 57.5 Å². The van der Waals surface area contributed by atoms with E-state index in [-0.39, 0.29) is 0 Å². The van der Waals surface area contributed by atoms with Gasteiger partial charge in [-0.25, -0.2) is 4.79 Å². The van der Waals surface area contributed by atoms with Crippen molar-refractivity contribution in [2.24, 2.45) is 0 Å². The van der Waals surface area contributed by atoms with Crippen LogP contribution in [0.25, 0.3) is 0 Å². The van der Waals surface area contributed by atoms with Crippen LogP contribution < -0.4 is 0 Å². The minimum absolute atomic E-state index is 0.778. The normalized spacial score (nSPS) is 9.70. The Balaban J connectivity index is 0. The molecule has 0 aliphatic carbocycles. The van der Waals surface area contributed by atoms with E-state index in [9.17, 15) is 0 Å². The molecule has 0 aromatic heterocycles. The summed E-state index contributed by atoms with van der Waals surface area (Å²) in [6.07, 6.45) is 0. The van der Waals surface area contributed by atoms with Crippen LogP contribution in [0.15, 0.2) is 0 Å². The van der Waals surface area contributed by atoms with E-state index < -0.39 is 12.6 Å². The minimum atomic E-state index is -1.19. The molecule has 0 saturated heterocycles. The largest absolute Gasteiger partial charge is 0.480 e. The molecule has 2 N–H and O–H groups in total. The molecular formula is C6H16NO3+. The highest BCUT2D eigenvalue weighted by Crippen LogP contribution is 1.73. The van der Waals surface area contributed by atoms with E-state index in [1.165, 1.54) is 0 Å². The van der Waals surface area contributed by atoms with E-state index in [2.05, 4.69) is 28.2 Å². The zero-order valence-corrected chi connectivity index (χ0v) is 6.96. The summed E-state index contributed by atoms with van der Waals surface area (Å²) in [6, 6.07) is 0. The first-order chi connectivity index (χ1) is 4.27. The van der Waals surface area contributed by atoms with Gasteiger partial charge in [0.2, 0.25) is 0 Å². The molecule has 0 fully saturated rings. The number of carboxylic acids is 1. The van der Waals surface area contributed by atoms with Gasteiger partial charge in [0.05, 0.1) is 28.2 Å². The van der Waals surface area contributed by atoms with Crippen LogP contribution in [0.4, 0.5) is 0 Å². The third kappa shape index (κ3) is 156. The molecular weight excluding hydrogens is 134 g/mol. The van der Waals surface area contributed by atoms with Gasteiger partial charge in [0.25, 0.3) is 0 Å². The van der Waals surface area contributed by atoms with Gasteiger partial charge in [-0.1, -0.05) is 0 Å². The molecule has 10 heavy (non-hydrogen) atoms. The van der Waals surface area contributed by atoms with Gasteiger partial charge in [-0.15, -0.1) is 0 Å². The second-order valence-corrected chi connectivity index (χ2v) is 3.24. The van der Waals surface area contributed by atoms with Crippen molar-refractivity contribution < 1.29 is 19.5 Å². The molecule has 4 heteroatoms. The van der Waals surface area contributed by atoms with Crippen LogP contribution in [0.3, 0.4) is 0 Å². The molecule has 0 unspecified atom stereocenters. The average molecular weight is 150 g/mol. The zero-order chi connectivity index (χ0) is 8.78. The Morgan fingerprint density at radius 3 is 1.40 bits per heavy atom. The number of aliphatic hydroxyl groups is 1. The summed E-state index contributed by atoms with van der Waals surface area (Å²) in [6.45, 7) is -0.778. The van der Waals surface area contributed by atoms with Crippen LogP contribution >= 0.6 is 0 Å². The van der Waals surface area contributed by atoms with Gasteiger partial charge in [0.1, 0.15) is 6.61 Å². The Kier molecular flexibility index (Phi) is 6.29. The monoisotopic (exact) mass is 150 g/mol. The lowest BCUT2D eigenvalue weighted by molar-refractivity contribution is -0.849. The van der Waals surface area contributed by atoms with Crippen molar-refractivity contribution in [3.05, 3.63) is 0 Å². The van der Waals surface area contributed by atoms with Crippen LogP contribution in [0.2, 0.25) is 0 Å². The predicted octanol–water partition coefficient (Wildman–Crippen LogP) is -0.614. The highest BCUT2D eigenvalue weighted by Gasteiger charge is 1.88. The van der Waals surface area contributed by atoms with E-state index in [4.69, 9.17) is 15.0 Å². The molecule has 0 radical (unpaired) electrons. The Bertz CT molecular complexity index is 89.7. The maximum atomic E-state index is 9.12. The van der Waals surface area contributed by atoms with Crippen LogP contribution in [-0.2, 0) is 4.79 Å².